The summed E-state index contributed by atoms with van der Waals surface area (Å²) in [6.07, 6.45) is 0. The molecule has 2 N–H and O–H groups in total. The molecular weight excluding hydrogens is 260 g/mol. The smallest absolute Gasteiger partial charge is 0.346 e. The molecule has 0 atom stereocenters. The summed E-state index contributed by atoms with van der Waals surface area (Å²) in [5, 5.41) is 3.84. The molecule has 0 aliphatic rings. The number of hydrogen-bond acceptors (Lipinski definition) is 5. The zero-order valence-electron chi connectivity index (χ0n) is 11.0. The van der Waals surface area contributed by atoms with Crippen molar-refractivity contribution in [2.24, 2.45) is 0 Å². The highest BCUT2D eigenvalue weighted by Gasteiger charge is 2.29. The van der Waals surface area contributed by atoms with Crippen LogP contribution in [-0.4, -0.2) is 44.5 Å². The van der Waals surface area contributed by atoms with Crippen LogP contribution in [-0.2, 0) is 0 Å². The Morgan fingerprint density at radius 3 is 2.22 bits per heavy atom. The molecule has 18 heavy (non-hydrogen) atoms. The van der Waals surface area contributed by atoms with E-state index in [0.717, 1.165) is 9.10 Å². The monoisotopic (exact) mass is 276 g/mol. The Kier molecular flexibility index (Phi) is 3.61. The van der Waals surface area contributed by atoms with Gasteiger partial charge in [-0.05, 0) is 20.8 Å². The second kappa shape index (κ2) is 4.52. The van der Waals surface area contributed by atoms with Crippen molar-refractivity contribution in [3.8, 4) is 0 Å². The third-order valence-electron chi connectivity index (χ3n) is 2.13. The predicted molar refractivity (Wildman–Crippen MR) is 69.2 cm³/mol. The summed E-state index contributed by atoms with van der Waals surface area (Å²) < 4.78 is 2.32. The van der Waals surface area contributed by atoms with Crippen molar-refractivity contribution in [1.29, 1.82) is 0 Å². The van der Waals surface area contributed by atoms with Gasteiger partial charge in [-0.1, -0.05) is 0 Å². The Balaban J connectivity index is 3.24. The number of hydrogen-bond donors (Lipinski definition) is 1. The lowest BCUT2D eigenvalue weighted by molar-refractivity contribution is 0.196. The van der Waals surface area contributed by atoms with Crippen molar-refractivity contribution < 1.29 is 4.79 Å². The lowest BCUT2D eigenvalue weighted by Crippen LogP contribution is -2.45. The van der Waals surface area contributed by atoms with Crippen LogP contribution in [0.2, 0.25) is 0 Å². The maximum absolute atomic E-state index is 12.0. The molecule has 1 rings (SSSR count). The molecule has 0 aromatic carbocycles. The molecule has 0 radical (unpaired) electrons. The van der Waals surface area contributed by atoms with Gasteiger partial charge in [0, 0.05) is 25.9 Å². The first-order chi connectivity index (χ1) is 8.07. The molecule has 1 aromatic rings. The van der Waals surface area contributed by atoms with Crippen LogP contribution in [0.25, 0.3) is 0 Å². The van der Waals surface area contributed by atoms with Crippen LogP contribution in [0.3, 0.4) is 0 Å². The van der Waals surface area contributed by atoms with Gasteiger partial charge < -0.3 is 10.7 Å². The van der Waals surface area contributed by atoms with Crippen LogP contribution in [0, 0.1) is 0 Å². The number of carbonyl (C=O) groups excluding carboxylic acids is 1. The molecule has 0 aliphatic carbocycles. The van der Waals surface area contributed by atoms with Gasteiger partial charge in [-0.25, -0.2) is 14.0 Å². The van der Waals surface area contributed by atoms with Gasteiger partial charge in [-0.3, -0.25) is 0 Å². The Bertz CT molecular complexity index is 512. The standard InChI is InChI=1S/C9H17ClN6O2/c1-9(2,3)16(10)8(18)15-7(17)14(11)6(12-15)13(4)5/h11H2,1-5H3. The Morgan fingerprint density at radius 2 is 1.89 bits per heavy atom. The van der Waals surface area contributed by atoms with Gasteiger partial charge in [0.15, 0.2) is 0 Å². The number of nitrogens with zero attached hydrogens (tertiary/aromatic N) is 5. The number of nitrogens with two attached hydrogens (primary N) is 1. The molecule has 102 valence electrons. The van der Waals surface area contributed by atoms with E-state index in [2.05, 4.69) is 5.10 Å². The van der Waals surface area contributed by atoms with Gasteiger partial charge >= 0.3 is 11.7 Å². The first kappa shape index (κ1) is 14.4. The summed E-state index contributed by atoms with van der Waals surface area (Å²) in [6, 6.07) is -0.749. The van der Waals surface area contributed by atoms with Crippen LogP contribution in [0.15, 0.2) is 4.79 Å². The number of amides is 1. The molecule has 0 saturated carbocycles. The number of nitrogen functional groups attached to an aromatic ring is 1. The molecule has 8 nitrogen and oxygen atoms in total. The summed E-state index contributed by atoms with van der Waals surface area (Å²) in [7, 11) is 3.31. The molecule has 0 aliphatic heterocycles. The van der Waals surface area contributed by atoms with E-state index >= 15 is 0 Å². The van der Waals surface area contributed by atoms with Crippen LogP contribution < -0.4 is 16.4 Å². The Hall–Kier alpha value is -1.70. The summed E-state index contributed by atoms with van der Waals surface area (Å²) in [5.41, 5.74) is -1.40. The largest absolute Gasteiger partial charge is 0.375 e. The maximum atomic E-state index is 12.0. The first-order valence-corrected chi connectivity index (χ1v) is 5.56. The third kappa shape index (κ3) is 2.42. The van der Waals surface area contributed by atoms with Crippen molar-refractivity contribution in [3.63, 3.8) is 0 Å². The van der Waals surface area contributed by atoms with Crippen molar-refractivity contribution in [2.75, 3.05) is 24.8 Å². The SMILES string of the molecule is CN(C)c1nn(C(=O)N(Cl)C(C)(C)C)c(=O)n1N. The number of anilines is 1. The second-order valence-corrected chi connectivity index (χ2v) is 5.33. The van der Waals surface area contributed by atoms with Gasteiger partial charge in [-0.2, -0.15) is 4.68 Å². The average Bonchev–Trinajstić information content (AvgIpc) is 2.53. The minimum absolute atomic E-state index is 0.160. The fraction of sp³-hybridized carbons (Fsp3) is 0.667. The fourth-order valence-corrected chi connectivity index (χ4v) is 1.24. The Morgan fingerprint density at radius 1 is 1.39 bits per heavy atom. The molecule has 9 heteroatoms. The van der Waals surface area contributed by atoms with Gasteiger partial charge in [0.1, 0.15) is 0 Å². The number of aromatic nitrogens is 3. The van der Waals surface area contributed by atoms with Crippen molar-refractivity contribution in [1.82, 2.24) is 18.9 Å². The maximum Gasteiger partial charge on any atom is 0.375 e. The molecule has 1 heterocycles. The molecule has 0 fully saturated rings. The van der Waals surface area contributed by atoms with Crippen LogP contribution >= 0.6 is 11.8 Å². The summed E-state index contributed by atoms with van der Waals surface area (Å²) in [6.45, 7) is 5.19. The van der Waals surface area contributed by atoms with E-state index in [1.54, 1.807) is 34.9 Å². The summed E-state index contributed by atoms with van der Waals surface area (Å²) in [5.74, 6) is 5.68. The fourth-order valence-electron chi connectivity index (χ4n) is 1.17. The van der Waals surface area contributed by atoms with Gasteiger partial charge in [0.2, 0.25) is 5.95 Å². The Labute approximate surface area is 110 Å². The molecule has 0 bridgehead atoms. The minimum atomic E-state index is -0.751. The topological polar surface area (TPSA) is 89.4 Å². The summed E-state index contributed by atoms with van der Waals surface area (Å²) >= 11 is 5.88. The average molecular weight is 277 g/mol. The highest BCUT2D eigenvalue weighted by molar-refractivity contribution is 6.21. The van der Waals surface area contributed by atoms with E-state index in [9.17, 15) is 9.59 Å². The number of halogens is 1. The molecule has 0 saturated heterocycles. The normalized spacial score (nSPS) is 11.4. The molecule has 1 aromatic heterocycles. The molecule has 1 amide bonds. The first-order valence-electron chi connectivity index (χ1n) is 5.22. The van der Waals surface area contributed by atoms with Gasteiger partial charge in [0.05, 0.1) is 5.54 Å². The van der Waals surface area contributed by atoms with Crippen molar-refractivity contribution in [3.05, 3.63) is 10.5 Å². The molecule has 0 unspecified atom stereocenters. The lowest BCUT2D eigenvalue weighted by Gasteiger charge is -2.27. The van der Waals surface area contributed by atoms with E-state index in [-0.39, 0.29) is 5.95 Å². The van der Waals surface area contributed by atoms with Crippen LogP contribution in [0.1, 0.15) is 20.8 Å². The third-order valence-corrected chi connectivity index (χ3v) is 2.78. The molecule has 0 spiro atoms. The zero-order chi connectivity index (χ0) is 14.2. The van der Waals surface area contributed by atoms with Crippen LogP contribution in [0.5, 0.6) is 0 Å². The zero-order valence-corrected chi connectivity index (χ0v) is 11.8. The van der Waals surface area contributed by atoms with Crippen molar-refractivity contribution in [2.45, 2.75) is 26.3 Å². The van der Waals surface area contributed by atoms with E-state index < -0.39 is 17.3 Å². The number of carbonyl (C=O) groups is 1. The lowest BCUT2D eigenvalue weighted by atomic mass is 10.1. The van der Waals surface area contributed by atoms with E-state index in [1.165, 1.54) is 4.90 Å². The van der Waals surface area contributed by atoms with E-state index in [1.807, 2.05) is 0 Å². The van der Waals surface area contributed by atoms with Crippen LogP contribution in [0.4, 0.5) is 10.7 Å². The predicted octanol–water partition coefficient (Wildman–Crippen LogP) is 0.0470. The highest BCUT2D eigenvalue weighted by Crippen LogP contribution is 2.17. The summed E-state index contributed by atoms with van der Waals surface area (Å²) in [4.78, 5) is 25.3. The minimum Gasteiger partial charge on any atom is -0.346 e. The molecular formula is C9H17ClN6O2. The highest BCUT2D eigenvalue weighted by atomic mass is 35.5. The second-order valence-electron chi connectivity index (χ2n) is 4.99. The van der Waals surface area contributed by atoms with E-state index in [4.69, 9.17) is 17.6 Å². The number of rotatable bonds is 1. The van der Waals surface area contributed by atoms with E-state index in [0.29, 0.717) is 4.68 Å². The van der Waals surface area contributed by atoms with Gasteiger partial charge in [0.25, 0.3) is 0 Å². The van der Waals surface area contributed by atoms with Crippen molar-refractivity contribution >= 4 is 23.8 Å². The quantitative estimate of drug-likeness (QED) is 0.578. The van der Waals surface area contributed by atoms with Gasteiger partial charge in [-0.15, -0.1) is 9.78 Å².